The molecule has 4 nitrogen and oxygen atoms in total. The van der Waals surface area contributed by atoms with Crippen LogP contribution in [0.15, 0.2) is 12.3 Å². The third kappa shape index (κ3) is 5.12. The molecule has 2 heterocycles. The lowest BCUT2D eigenvalue weighted by molar-refractivity contribution is 0.112. The largest absolute Gasteiger partial charge is 0.478 e. The van der Waals surface area contributed by atoms with E-state index in [9.17, 15) is 4.79 Å². The Labute approximate surface area is 127 Å². The van der Waals surface area contributed by atoms with Crippen molar-refractivity contribution in [2.24, 2.45) is 5.92 Å². The van der Waals surface area contributed by atoms with Gasteiger partial charge in [0, 0.05) is 17.8 Å². The number of likely N-dealkylation sites (tertiary alicyclic amines) is 1. The Kier molecular flexibility index (Phi) is 6.18. The molecule has 0 radical (unpaired) electrons. The molecular formula is C17H26N2O2. The number of carbonyl (C=O) groups excluding carboxylic acids is 1. The van der Waals surface area contributed by atoms with Gasteiger partial charge in [-0.2, -0.15) is 0 Å². The van der Waals surface area contributed by atoms with Crippen LogP contribution in [0.3, 0.4) is 0 Å². The van der Waals surface area contributed by atoms with Gasteiger partial charge in [0.2, 0.25) is 5.88 Å². The van der Waals surface area contributed by atoms with Gasteiger partial charge in [-0.15, -0.1) is 0 Å². The maximum atomic E-state index is 10.9. The predicted octanol–water partition coefficient (Wildman–Crippen LogP) is 3.09. The molecule has 0 atom stereocenters. The molecule has 116 valence electrons. The summed E-state index contributed by atoms with van der Waals surface area (Å²) in [4.78, 5) is 17.5. The molecule has 1 aliphatic heterocycles. The fourth-order valence-electron chi connectivity index (χ4n) is 2.79. The number of hydrogen-bond donors (Lipinski definition) is 0. The second kappa shape index (κ2) is 8.13. The quantitative estimate of drug-likeness (QED) is 0.571. The Morgan fingerprint density at radius 1 is 1.38 bits per heavy atom. The number of rotatable bonds is 7. The van der Waals surface area contributed by atoms with Crippen molar-refractivity contribution >= 4 is 6.29 Å². The van der Waals surface area contributed by atoms with E-state index in [1.54, 1.807) is 12.3 Å². The van der Waals surface area contributed by atoms with Crippen molar-refractivity contribution in [2.75, 3.05) is 26.7 Å². The Hall–Kier alpha value is -1.42. The first-order valence-corrected chi connectivity index (χ1v) is 7.92. The van der Waals surface area contributed by atoms with E-state index in [0.29, 0.717) is 18.1 Å². The summed E-state index contributed by atoms with van der Waals surface area (Å²) in [6.07, 6.45) is 8.78. The van der Waals surface area contributed by atoms with E-state index in [1.165, 1.54) is 38.8 Å². The molecule has 1 aromatic heterocycles. The highest BCUT2D eigenvalue weighted by Gasteiger charge is 2.15. The number of aryl methyl sites for hydroxylation is 1. The lowest BCUT2D eigenvalue weighted by atomic mass is 9.92. The SMILES string of the molecule is Cc1cnc(OCCCCC2CCN(C)CC2)cc1C=O. The van der Waals surface area contributed by atoms with Crippen LogP contribution in [0.4, 0.5) is 0 Å². The molecule has 0 spiro atoms. The fraction of sp³-hybridized carbons (Fsp3) is 0.647. The molecule has 21 heavy (non-hydrogen) atoms. The van der Waals surface area contributed by atoms with Crippen LogP contribution >= 0.6 is 0 Å². The lowest BCUT2D eigenvalue weighted by Crippen LogP contribution is -2.30. The summed E-state index contributed by atoms with van der Waals surface area (Å²) in [5.41, 5.74) is 1.55. The first-order chi connectivity index (χ1) is 10.2. The summed E-state index contributed by atoms with van der Waals surface area (Å²) in [7, 11) is 2.20. The van der Waals surface area contributed by atoms with Gasteiger partial charge in [-0.25, -0.2) is 4.98 Å². The van der Waals surface area contributed by atoms with Crippen LogP contribution < -0.4 is 4.74 Å². The van der Waals surface area contributed by atoms with Gasteiger partial charge in [-0.05, 0) is 64.2 Å². The standard InChI is InChI=1S/C17H26N2O2/c1-14-12-18-17(11-16(14)13-20)21-10-4-3-5-15-6-8-19(2)9-7-15/h11-13,15H,3-10H2,1-2H3. The summed E-state index contributed by atoms with van der Waals surface area (Å²) in [6, 6.07) is 1.72. The summed E-state index contributed by atoms with van der Waals surface area (Å²) >= 11 is 0. The van der Waals surface area contributed by atoms with Gasteiger partial charge < -0.3 is 9.64 Å². The third-order valence-electron chi connectivity index (χ3n) is 4.34. The molecule has 2 rings (SSSR count). The van der Waals surface area contributed by atoms with Gasteiger partial charge in [-0.3, -0.25) is 4.79 Å². The molecule has 0 unspecified atom stereocenters. The average molecular weight is 290 g/mol. The maximum Gasteiger partial charge on any atom is 0.213 e. The minimum Gasteiger partial charge on any atom is -0.478 e. The van der Waals surface area contributed by atoms with Crippen molar-refractivity contribution in [1.29, 1.82) is 0 Å². The first kappa shape index (κ1) is 16.0. The molecule has 0 bridgehead atoms. The molecule has 0 aliphatic carbocycles. The number of nitrogens with zero attached hydrogens (tertiary/aromatic N) is 2. The summed E-state index contributed by atoms with van der Waals surface area (Å²) in [5, 5.41) is 0. The second-order valence-electron chi connectivity index (χ2n) is 6.09. The minimum atomic E-state index is 0.557. The number of ether oxygens (including phenoxy) is 1. The van der Waals surface area contributed by atoms with E-state index in [2.05, 4.69) is 16.9 Å². The van der Waals surface area contributed by atoms with Gasteiger partial charge in [0.1, 0.15) is 0 Å². The van der Waals surface area contributed by atoms with Crippen molar-refractivity contribution in [2.45, 2.75) is 39.0 Å². The van der Waals surface area contributed by atoms with Crippen molar-refractivity contribution in [3.8, 4) is 5.88 Å². The van der Waals surface area contributed by atoms with Crippen LogP contribution in [0, 0.1) is 12.8 Å². The van der Waals surface area contributed by atoms with Crippen LogP contribution in [0.5, 0.6) is 5.88 Å². The molecule has 1 saturated heterocycles. The number of aldehydes is 1. The first-order valence-electron chi connectivity index (χ1n) is 7.92. The Balaban J connectivity index is 1.62. The van der Waals surface area contributed by atoms with Crippen molar-refractivity contribution in [3.63, 3.8) is 0 Å². The van der Waals surface area contributed by atoms with Gasteiger partial charge in [0.05, 0.1) is 6.61 Å². The molecule has 0 amide bonds. The number of aromatic nitrogens is 1. The smallest absolute Gasteiger partial charge is 0.213 e. The molecular weight excluding hydrogens is 264 g/mol. The van der Waals surface area contributed by atoms with E-state index in [4.69, 9.17) is 4.74 Å². The highest BCUT2D eigenvalue weighted by Crippen LogP contribution is 2.21. The van der Waals surface area contributed by atoms with E-state index >= 15 is 0 Å². The number of pyridine rings is 1. The third-order valence-corrected chi connectivity index (χ3v) is 4.34. The van der Waals surface area contributed by atoms with Gasteiger partial charge in [0.15, 0.2) is 6.29 Å². The average Bonchev–Trinajstić information content (AvgIpc) is 2.50. The maximum absolute atomic E-state index is 10.9. The number of carbonyl (C=O) groups is 1. The minimum absolute atomic E-state index is 0.557. The van der Waals surface area contributed by atoms with Gasteiger partial charge in [-0.1, -0.05) is 6.42 Å². The molecule has 1 aromatic rings. The Morgan fingerprint density at radius 2 is 2.14 bits per heavy atom. The second-order valence-corrected chi connectivity index (χ2v) is 6.09. The van der Waals surface area contributed by atoms with Crippen molar-refractivity contribution in [3.05, 3.63) is 23.4 Å². The Bertz CT molecular complexity index is 454. The summed E-state index contributed by atoms with van der Waals surface area (Å²) in [5.74, 6) is 1.45. The van der Waals surface area contributed by atoms with Crippen LogP contribution in [0.1, 0.15) is 48.0 Å². The van der Waals surface area contributed by atoms with Crippen molar-refractivity contribution in [1.82, 2.24) is 9.88 Å². The zero-order chi connectivity index (χ0) is 15.1. The van der Waals surface area contributed by atoms with E-state index in [1.807, 2.05) is 6.92 Å². The van der Waals surface area contributed by atoms with E-state index in [0.717, 1.165) is 24.2 Å². The molecule has 0 aromatic carbocycles. The van der Waals surface area contributed by atoms with Gasteiger partial charge >= 0.3 is 0 Å². The van der Waals surface area contributed by atoms with Crippen LogP contribution in [-0.4, -0.2) is 42.9 Å². The summed E-state index contributed by atoms with van der Waals surface area (Å²) < 4.78 is 5.63. The lowest BCUT2D eigenvalue weighted by Gasteiger charge is -2.28. The molecule has 0 N–H and O–H groups in total. The van der Waals surface area contributed by atoms with E-state index in [-0.39, 0.29) is 0 Å². The van der Waals surface area contributed by atoms with Crippen LogP contribution in [0.2, 0.25) is 0 Å². The normalized spacial score (nSPS) is 16.9. The van der Waals surface area contributed by atoms with Gasteiger partial charge in [0.25, 0.3) is 0 Å². The highest BCUT2D eigenvalue weighted by molar-refractivity contribution is 5.77. The molecule has 4 heteroatoms. The molecule has 1 aliphatic rings. The van der Waals surface area contributed by atoms with Crippen molar-refractivity contribution < 1.29 is 9.53 Å². The monoisotopic (exact) mass is 290 g/mol. The predicted molar refractivity (Wildman–Crippen MR) is 83.9 cm³/mol. The fourth-order valence-corrected chi connectivity index (χ4v) is 2.79. The number of piperidine rings is 1. The molecule has 0 saturated carbocycles. The number of hydrogen-bond acceptors (Lipinski definition) is 4. The Morgan fingerprint density at radius 3 is 2.86 bits per heavy atom. The van der Waals surface area contributed by atoms with E-state index < -0.39 is 0 Å². The van der Waals surface area contributed by atoms with Crippen LogP contribution in [0.25, 0.3) is 0 Å². The zero-order valence-corrected chi connectivity index (χ0v) is 13.2. The topological polar surface area (TPSA) is 42.4 Å². The number of unbranched alkanes of at least 4 members (excludes halogenated alkanes) is 1. The highest BCUT2D eigenvalue weighted by atomic mass is 16.5. The zero-order valence-electron chi connectivity index (χ0n) is 13.2. The summed E-state index contributed by atoms with van der Waals surface area (Å²) in [6.45, 7) is 5.04. The molecule has 1 fully saturated rings. The van der Waals surface area contributed by atoms with Crippen LogP contribution in [-0.2, 0) is 0 Å².